The second kappa shape index (κ2) is 6.24. The number of carbonyl (C=O) groups excluding carboxylic acids is 1. The first-order valence-corrected chi connectivity index (χ1v) is 6.81. The van der Waals surface area contributed by atoms with Crippen molar-refractivity contribution in [2.24, 2.45) is 11.3 Å². The number of benzene rings is 1. The smallest absolute Gasteiger partial charge is 0.251 e. The second-order valence-electron chi connectivity index (χ2n) is 5.81. The third kappa shape index (κ3) is 4.34. The molecule has 18 heavy (non-hydrogen) atoms. The Kier molecular flexibility index (Phi) is 5.21. The van der Waals surface area contributed by atoms with E-state index in [9.17, 15) is 4.79 Å². The van der Waals surface area contributed by atoms with Crippen LogP contribution in [0.25, 0.3) is 0 Å². The van der Waals surface area contributed by atoms with Gasteiger partial charge in [-0.25, -0.2) is 0 Å². The molecule has 0 bridgehead atoms. The van der Waals surface area contributed by atoms with Crippen molar-refractivity contribution in [2.75, 3.05) is 6.54 Å². The van der Waals surface area contributed by atoms with E-state index < -0.39 is 0 Å². The molecule has 0 spiro atoms. The molecule has 0 fully saturated rings. The van der Waals surface area contributed by atoms with Gasteiger partial charge in [-0.05, 0) is 29.0 Å². The highest BCUT2D eigenvalue weighted by Gasteiger charge is 2.20. The lowest BCUT2D eigenvalue weighted by atomic mass is 9.82. The standard InChI is InChI=1S/C15H22ClNO/c1-11(15(2,3)4)10-17-14(18)13-7-5-6-12(8-13)9-16/h5-8,11H,9-10H2,1-4H3,(H,17,18). The Morgan fingerprint density at radius 2 is 2.06 bits per heavy atom. The van der Waals surface area contributed by atoms with Crippen LogP contribution < -0.4 is 5.32 Å². The van der Waals surface area contributed by atoms with Gasteiger partial charge in [0.1, 0.15) is 0 Å². The Balaban J connectivity index is 2.60. The second-order valence-corrected chi connectivity index (χ2v) is 6.08. The van der Waals surface area contributed by atoms with Gasteiger partial charge >= 0.3 is 0 Å². The van der Waals surface area contributed by atoms with Crippen LogP contribution in [-0.4, -0.2) is 12.5 Å². The van der Waals surface area contributed by atoms with E-state index in [2.05, 4.69) is 33.0 Å². The lowest BCUT2D eigenvalue weighted by Crippen LogP contribution is -2.33. The maximum Gasteiger partial charge on any atom is 0.251 e. The largest absolute Gasteiger partial charge is 0.352 e. The fourth-order valence-corrected chi connectivity index (χ4v) is 1.62. The number of hydrogen-bond acceptors (Lipinski definition) is 1. The zero-order valence-electron chi connectivity index (χ0n) is 11.6. The maximum absolute atomic E-state index is 12.0. The van der Waals surface area contributed by atoms with Crippen molar-refractivity contribution in [2.45, 2.75) is 33.6 Å². The fourth-order valence-electron chi connectivity index (χ4n) is 1.45. The molecule has 1 rings (SSSR count). The Labute approximate surface area is 115 Å². The summed E-state index contributed by atoms with van der Waals surface area (Å²) in [5.74, 6) is 0.829. The molecule has 3 heteroatoms. The van der Waals surface area contributed by atoms with Crippen LogP contribution in [0.2, 0.25) is 0 Å². The Morgan fingerprint density at radius 1 is 1.39 bits per heavy atom. The van der Waals surface area contributed by atoms with E-state index in [1.807, 2.05) is 24.3 Å². The highest BCUT2D eigenvalue weighted by atomic mass is 35.5. The van der Waals surface area contributed by atoms with E-state index in [0.29, 0.717) is 23.9 Å². The third-order valence-corrected chi connectivity index (χ3v) is 3.70. The molecule has 1 unspecified atom stereocenters. The quantitative estimate of drug-likeness (QED) is 0.825. The minimum atomic E-state index is -0.0296. The maximum atomic E-state index is 12.0. The summed E-state index contributed by atoms with van der Waals surface area (Å²) in [5, 5.41) is 2.97. The van der Waals surface area contributed by atoms with Gasteiger partial charge in [0.25, 0.3) is 5.91 Å². The summed E-state index contributed by atoms with van der Waals surface area (Å²) < 4.78 is 0. The zero-order chi connectivity index (χ0) is 13.8. The van der Waals surface area contributed by atoms with Crippen molar-refractivity contribution >= 4 is 17.5 Å². The first-order chi connectivity index (χ1) is 8.34. The fraction of sp³-hybridized carbons (Fsp3) is 0.533. The number of halogens is 1. The number of hydrogen-bond donors (Lipinski definition) is 1. The summed E-state index contributed by atoms with van der Waals surface area (Å²) in [6.45, 7) is 9.37. The van der Waals surface area contributed by atoms with Gasteiger partial charge in [-0.2, -0.15) is 0 Å². The van der Waals surface area contributed by atoms with E-state index >= 15 is 0 Å². The van der Waals surface area contributed by atoms with E-state index in [0.717, 1.165) is 5.56 Å². The zero-order valence-corrected chi connectivity index (χ0v) is 12.3. The van der Waals surface area contributed by atoms with E-state index in [1.54, 1.807) is 0 Å². The van der Waals surface area contributed by atoms with Gasteiger partial charge in [-0.3, -0.25) is 4.79 Å². The summed E-state index contributed by atoms with van der Waals surface area (Å²) in [4.78, 5) is 12.0. The highest BCUT2D eigenvalue weighted by molar-refractivity contribution is 6.17. The van der Waals surface area contributed by atoms with Crippen LogP contribution in [0.4, 0.5) is 0 Å². The van der Waals surface area contributed by atoms with Crippen molar-refractivity contribution < 1.29 is 4.79 Å². The summed E-state index contributed by atoms with van der Waals surface area (Å²) in [7, 11) is 0. The van der Waals surface area contributed by atoms with Crippen molar-refractivity contribution in [1.29, 1.82) is 0 Å². The first kappa shape index (κ1) is 15.0. The third-order valence-electron chi connectivity index (χ3n) is 3.39. The highest BCUT2D eigenvalue weighted by Crippen LogP contribution is 2.24. The molecular formula is C15H22ClNO. The normalized spacial score (nSPS) is 13.2. The molecule has 1 amide bonds. The average molecular weight is 268 g/mol. The number of amides is 1. The van der Waals surface area contributed by atoms with Crippen LogP contribution >= 0.6 is 11.6 Å². The van der Waals surface area contributed by atoms with Crippen molar-refractivity contribution in [3.8, 4) is 0 Å². The number of carbonyl (C=O) groups is 1. The molecule has 0 saturated heterocycles. The van der Waals surface area contributed by atoms with Gasteiger partial charge < -0.3 is 5.32 Å². The van der Waals surface area contributed by atoms with Crippen LogP contribution in [0.15, 0.2) is 24.3 Å². The molecular weight excluding hydrogens is 246 g/mol. The molecule has 1 atom stereocenters. The van der Waals surface area contributed by atoms with Crippen molar-refractivity contribution in [1.82, 2.24) is 5.32 Å². The van der Waals surface area contributed by atoms with Crippen LogP contribution in [0.5, 0.6) is 0 Å². The average Bonchev–Trinajstić information content (AvgIpc) is 2.34. The Bertz CT molecular complexity index is 409. The summed E-state index contributed by atoms with van der Waals surface area (Å²) in [6, 6.07) is 7.43. The lowest BCUT2D eigenvalue weighted by molar-refractivity contribution is 0.0937. The summed E-state index contributed by atoms with van der Waals surface area (Å²) >= 11 is 5.76. The molecule has 2 nitrogen and oxygen atoms in total. The monoisotopic (exact) mass is 267 g/mol. The van der Waals surface area contributed by atoms with Gasteiger partial charge in [0.2, 0.25) is 0 Å². The molecule has 0 aliphatic carbocycles. The van der Waals surface area contributed by atoms with Crippen LogP contribution in [0.1, 0.15) is 43.6 Å². The van der Waals surface area contributed by atoms with Crippen molar-refractivity contribution in [3.05, 3.63) is 35.4 Å². The Morgan fingerprint density at radius 3 is 2.61 bits per heavy atom. The van der Waals surface area contributed by atoms with Gasteiger partial charge in [-0.1, -0.05) is 39.8 Å². The Hall–Kier alpha value is -1.02. The predicted octanol–water partition coefficient (Wildman–Crippen LogP) is 3.84. The minimum Gasteiger partial charge on any atom is -0.352 e. The van der Waals surface area contributed by atoms with E-state index in [-0.39, 0.29) is 11.3 Å². The van der Waals surface area contributed by atoms with Gasteiger partial charge in [-0.15, -0.1) is 11.6 Å². The molecule has 0 aliphatic heterocycles. The van der Waals surface area contributed by atoms with Gasteiger partial charge in [0, 0.05) is 18.0 Å². The molecule has 0 radical (unpaired) electrons. The lowest BCUT2D eigenvalue weighted by Gasteiger charge is -2.27. The van der Waals surface area contributed by atoms with Crippen LogP contribution in [0, 0.1) is 11.3 Å². The van der Waals surface area contributed by atoms with Crippen molar-refractivity contribution in [3.63, 3.8) is 0 Å². The van der Waals surface area contributed by atoms with Crippen LogP contribution in [0.3, 0.4) is 0 Å². The molecule has 1 aromatic carbocycles. The SMILES string of the molecule is CC(CNC(=O)c1cccc(CCl)c1)C(C)(C)C. The van der Waals surface area contributed by atoms with Crippen LogP contribution in [-0.2, 0) is 5.88 Å². The molecule has 0 heterocycles. The molecule has 100 valence electrons. The van der Waals surface area contributed by atoms with E-state index in [1.165, 1.54) is 0 Å². The van der Waals surface area contributed by atoms with E-state index in [4.69, 9.17) is 11.6 Å². The minimum absolute atomic E-state index is 0.0296. The molecule has 0 aromatic heterocycles. The van der Waals surface area contributed by atoms with Gasteiger partial charge in [0.05, 0.1) is 0 Å². The molecule has 0 aliphatic rings. The van der Waals surface area contributed by atoms with Gasteiger partial charge in [0.15, 0.2) is 0 Å². The molecule has 1 aromatic rings. The number of nitrogens with one attached hydrogen (secondary N) is 1. The molecule has 1 N–H and O–H groups in total. The predicted molar refractivity (Wildman–Crippen MR) is 77.0 cm³/mol. The summed E-state index contributed by atoms with van der Waals surface area (Å²) in [5.41, 5.74) is 1.84. The molecule has 0 saturated carbocycles. The summed E-state index contributed by atoms with van der Waals surface area (Å²) in [6.07, 6.45) is 0. The number of alkyl halides is 1. The topological polar surface area (TPSA) is 29.1 Å². The first-order valence-electron chi connectivity index (χ1n) is 6.27. The number of rotatable bonds is 4.